The van der Waals surface area contributed by atoms with Gasteiger partial charge in [0.1, 0.15) is 6.10 Å². The Morgan fingerprint density at radius 3 is 2.36 bits per heavy atom. The molecule has 3 N–H and O–H groups in total. The molecule has 0 aromatic carbocycles. The van der Waals surface area contributed by atoms with Gasteiger partial charge in [-0.1, -0.05) is 0 Å². The monoisotopic (exact) mass is 161 g/mol. The molecule has 4 nitrogen and oxygen atoms in total. The molecule has 0 heterocycles. The van der Waals surface area contributed by atoms with Crippen molar-refractivity contribution < 1.29 is 15.0 Å². The fourth-order valence-corrected chi connectivity index (χ4v) is 0.732. The number of likely N-dealkylation sites (N-methyl/N-ethyl adjacent to an activating group) is 1. The van der Waals surface area contributed by atoms with E-state index in [2.05, 4.69) is 5.32 Å². The quantitative estimate of drug-likeness (QED) is 0.510. The van der Waals surface area contributed by atoms with E-state index in [1.165, 1.54) is 7.05 Å². The van der Waals surface area contributed by atoms with Gasteiger partial charge in [0.05, 0.1) is 5.60 Å². The Morgan fingerprint density at radius 2 is 2.09 bits per heavy atom. The van der Waals surface area contributed by atoms with E-state index in [0.717, 1.165) is 0 Å². The number of rotatable bonds is 3. The highest BCUT2D eigenvalue weighted by molar-refractivity contribution is 5.80. The summed E-state index contributed by atoms with van der Waals surface area (Å²) in [6.07, 6.45) is -1.08. The molecule has 1 amide bonds. The van der Waals surface area contributed by atoms with E-state index in [-0.39, 0.29) is 6.42 Å². The molecule has 66 valence electrons. The normalized spacial score (nSPS) is 14.3. The summed E-state index contributed by atoms with van der Waals surface area (Å²) in [4.78, 5) is 10.7. The minimum Gasteiger partial charge on any atom is -0.390 e. The SMILES string of the molecule is CNC(=O)[C@@H](O)CC(C)(C)O. The highest BCUT2D eigenvalue weighted by Crippen LogP contribution is 2.10. The highest BCUT2D eigenvalue weighted by Gasteiger charge is 2.22. The molecule has 0 spiro atoms. The van der Waals surface area contributed by atoms with Crippen LogP contribution in [0.4, 0.5) is 0 Å². The zero-order valence-corrected chi connectivity index (χ0v) is 7.09. The number of amides is 1. The van der Waals surface area contributed by atoms with Crippen molar-refractivity contribution in [1.82, 2.24) is 5.32 Å². The minimum absolute atomic E-state index is 0.0483. The van der Waals surface area contributed by atoms with Crippen LogP contribution in [0, 0.1) is 0 Å². The standard InChI is InChI=1S/C7H15NO3/c1-7(2,11)4-5(9)6(10)8-3/h5,9,11H,4H2,1-3H3,(H,8,10)/t5-/m0/s1. The van der Waals surface area contributed by atoms with Gasteiger partial charge in [0.2, 0.25) is 5.91 Å². The van der Waals surface area contributed by atoms with Crippen molar-refractivity contribution in [2.24, 2.45) is 0 Å². The van der Waals surface area contributed by atoms with Crippen molar-refractivity contribution in [2.75, 3.05) is 7.05 Å². The molecule has 0 aliphatic rings. The van der Waals surface area contributed by atoms with Crippen molar-refractivity contribution in [3.8, 4) is 0 Å². The van der Waals surface area contributed by atoms with Crippen molar-refractivity contribution in [3.05, 3.63) is 0 Å². The van der Waals surface area contributed by atoms with E-state index in [9.17, 15) is 9.90 Å². The predicted octanol–water partition coefficient (Wildman–Crippen LogP) is -0.746. The number of nitrogens with one attached hydrogen (secondary N) is 1. The second kappa shape index (κ2) is 3.69. The van der Waals surface area contributed by atoms with Crippen LogP contribution >= 0.6 is 0 Å². The Bertz CT molecular complexity index is 139. The molecule has 1 atom stereocenters. The first-order chi connectivity index (χ1) is 4.87. The molecule has 0 aliphatic heterocycles. The van der Waals surface area contributed by atoms with E-state index in [1.807, 2.05) is 0 Å². The summed E-state index contributed by atoms with van der Waals surface area (Å²) in [5, 5.41) is 20.6. The van der Waals surface area contributed by atoms with Crippen LogP contribution < -0.4 is 5.32 Å². The molecule has 0 aromatic rings. The maximum absolute atomic E-state index is 10.7. The van der Waals surface area contributed by atoms with Gasteiger partial charge in [-0.05, 0) is 13.8 Å². The van der Waals surface area contributed by atoms with Crippen LogP contribution in [0.15, 0.2) is 0 Å². The minimum atomic E-state index is -1.12. The number of hydrogen-bond acceptors (Lipinski definition) is 3. The van der Waals surface area contributed by atoms with Crippen LogP contribution in [-0.4, -0.2) is 34.9 Å². The van der Waals surface area contributed by atoms with E-state index in [1.54, 1.807) is 13.8 Å². The van der Waals surface area contributed by atoms with Gasteiger partial charge in [0.25, 0.3) is 0 Å². The van der Waals surface area contributed by atoms with E-state index in [4.69, 9.17) is 5.11 Å². The summed E-state index contributed by atoms with van der Waals surface area (Å²) in [6.45, 7) is 3.08. The van der Waals surface area contributed by atoms with Crippen LogP contribution in [0.2, 0.25) is 0 Å². The third-order valence-corrected chi connectivity index (χ3v) is 1.24. The Hall–Kier alpha value is -0.610. The Morgan fingerprint density at radius 1 is 1.64 bits per heavy atom. The number of hydrogen-bond donors (Lipinski definition) is 3. The highest BCUT2D eigenvalue weighted by atomic mass is 16.3. The molecular weight excluding hydrogens is 146 g/mol. The zero-order valence-electron chi connectivity index (χ0n) is 7.09. The lowest BCUT2D eigenvalue weighted by atomic mass is 10.0. The fraction of sp³-hybridized carbons (Fsp3) is 0.857. The molecule has 0 aromatic heterocycles. The largest absolute Gasteiger partial charge is 0.390 e. The predicted molar refractivity (Wildman–Crippen MR) is 41.0 cm³/mol. The smallest absolute Gasteiger partial charge is 0.248 e. The first kappa shape index (κ1) is 10.4. The van der Waals surface area contributed by atoms with E-state index < -0.39 is 17.6 Å². The lowest BCUT2D eigenvalue weighted by molar-refractivity contribution is -0.131. The van der Waals surface area contributed by atoms with Gasteiger partial charge < -0.3 is 15.5 Å². The van der Waals surface area contributed by atoms with Crippen LogP contribution in [-0.2, 0) is 4.79 Å². The van der Waals surface area contributed by atoms with Crippen molar-refractivity contribution in [3.63, 3.8) is 0 Å². The van der Waals surface area contributed by atoms with Gasteiger partial charge in [0, 0.05) is 13.5 Å². The Balaban J connectivity index is 3.87. The molecule has 0 fully saturated rings. The second-order valence-corrected chi connectivity index (χ2v) is 3.15. The maximum atomic E-state index is 10.7. The first-order valence-electron chi connectivity index (χ1n) is 3.49. The summed E-state index contributed by atoms with van der Waals surface area (Å²) >= 11 is 0. The Labute approximate surface area is 66.2 Å². The summed E-state index contributed by atoms with van der Waals surface area (Å²) in [5.74, 6) is -0.466. The first-order valence-corrected chi connectivity index (χ1v) is 3.49. The molecule has 0 aliphatic carbocycles. The third kappa shape index (κ3) is 4.75. The molecule has 0 radical (unpaired) electrons. The number of carbonyl (C=O) groups is 1. The molecule has 0 rings (SSSR count). The van der Waals surface area contributed by atoms with Crippen molar-refractivity contribution in [2.45, 2.75) is 32.0 Å². The molecule has 0 unspecified atom stereocenters. The van der Waals surface area contributed by atoms with Crippen LogP contribution in [0.1, 0.15) is 20.3 Å². The van der Waals surface area contributed by atoms with Gasteiger partial charge in [-0.3, -0.25) is 4.79 Å². The molecular formula is C7H15NO3. The average Bonchev–Trinajstić information content (AvgIpc) is 1.82. The molecule has 4 heteroatoms. The van der Waals surface area contributed by atoms with Gasteiger partial charge in [-0.2, -0.15) is 0 Å². The molecule has 11 heavy (non-hydrogen) atoms. The van der Waals surface area contributed by atoms with Crippen molar-refractivity contribution in [1.29, 1.82) is 0 Å². The lowest BCUT2D eigenvalue weighted by Gasteiger charge is -2.19. The third-order valence-electron chi connectivity index (χ3n) is 1.24. The second-order valence-electron chi connectivity index (χ2n) is 3.15. The number of carbonyl (C=O) groups excluding carboxylic acids is 1. The summed E-state index contributed by atoms with van der Waals surface area (Å²) < 4.78 is 0. The topological polar surface area (TPSA) is 69.6 Å². The molecule has 0 bridgehead atoms. The van der Waals surface area contributed by atoms with Crippen LogP contribution in [0.5, 0.6) is 0 Å². The summed E-state index contributed by atoms with van der Waals surface area (Å²) in [5.41, 5.74) is -1.01. The van der Waals surface area contributed by atoms with Crippen LogP contribution in [0.25, 0.3) is 0 Å². The average molecular weight is 161 g/mol. The Kier molecular flexibility index (Phi) is 3.48. The number of aliphatic hydroxyl groups excluding tert-OH is 1. The van der Waals surface area contributed by atoms with E-state index >= 15 is 0 Å². The van der Waals surface area contributed by atoms with Gasteiger partial charge in [-0.15, -0.1) is 0 Å². The summed E-state index contributed by atoms with van der Waals surface area (Å²) in [7, 11) is 1.44. The van der Waals surface area contributed by atoms with Gasteiger partial charge in [0.15, 0.2) is 0 Å². The zero-order chi connectivity index (χ0) is 9.07. The maximum Gasteiger partial charge on any atom is 0.248 e. The van der Waals surface area contributed by atoms with Crippen LogP contribution in [0.3, 0.4) is 0 Å². The number of aliphatic hydroxyl groups is 2. The van der Waals surface area contributed by atoms with Crippen molar-refractivity contribution >= 4 is 5.91 Å². The lowest BCUT2D eigenvalue weighted by Crippen LogP contribution is -2.37. The van der Waals surface area contributed by atoms with E-state index in [0.29, 0.717) is 0 Å². The molecule has 0 saturated carbocycles. The summed E-state index contributed by atoms with van der Waals surface area (Å²) in [6, 6.07) is 0. The molecule has 0 saturated heterocycles. The van der Waals surface area contributed by atoms with Gasteiger partial charge >= 0.3 is 0 Å². The van der Waals surface area contributed by atoms with Gasteiger partial charge in [-0.25, -0.2) is 0 Å². The fourth-order valence-electron chi connectivity index (χ4n) is 0.732.